The SMILES string of the molecule is Cc1cc(-c2c(-c3cccc(C#N)c3)nn3ccc(C(=O)NCC4(O)CCNC4)nc23)cc(Cl)n1. The van der Waals surface area contributed by atoms with Crippen LogP contribution in [0.3, 0.4) is 0 Å². The normalized spacial score (nSPS) is 17.4. The maximum Gasteiger partial charge on any atom is 0.270 e. The molecule has 3 aromatic heterocycles. The van der Waals surface area contributed by atoms with Crippen LogP contribution in [-0.2, 0) is 0 Å². The number of nitriles is 1. The number of aryl methyl sites for hydroxylation is 1. The molecule has 4 heterocycles. The first-order chi connectivity index (χ1) is 16.8. The number of nitrogens with zero attached hydrogens (tertiary/aromatic N) is 5. The highest BCUT2D eigenvalue weighted by atomic mass is 35.5. The van der Waals surface area contributed by atoms with Crippen LogP contribution >= 0.6 is 11.6 Å². The lowest BCUT2D eigenvalue weighted by Crippen LogP contribution is -2.44. The minimum absolute atomic E-state index is 0.128. The summed E-state index contributed by atoms with van der Waals surface area (Å²) in [5.74, 6) is -0.392. The summed E-state index contributed by atoms with van der Waals surface area (Å²) in [7, 11) is 0. The van der Waals surface area contributed by atoms with Gasteiger partial charge in [0.1, 0.15) is 16.5 Å². The summed E-state index contributed by atoms with van der Waals surface area (Å²) in [6.07, 6.45) is 2.24. The van der Waals surface area contributed by atoms with Crippen LogP contribution in [0.15, 0.2) is 48.7 Å². The molecule has 0 spiro atoms. The van der Waals surface area contributed by atoms with Gasteiger partial charge < -0.3 is 15.7 Å². The molecule has 4 aromatic rings. The molecule has 1 aliphatic rings. The predicted molar refractivity (Wildman–Crippen MR) is 131 cm³/mol. The Morgan fingerprint density at radius 2 is 2.14 bits per heavy atom. The molecular formula is C25H22ClN7O2. The van der Waals surface area contributed by atoms with E-state index in [-0.39, 0.29) is 12.2 Å². The summed E-state index contributed by atoms with van der Waals surface area (Å²) in [6, 6.07) is 14.5. The minimum atomic E-state index is -0.966. The average molecular weight is 488 g/mol. The standard InChI is InChI=1S/C25H22ClN7O2/c1-15-9-18(11-20(26)30-15)21-22(17-4-2-3-16(10-17)12-27)32-33-8-5-19(31-23(21)33)24(34)29-14-25(35)6-7-28-13-25/h2-5,8-11,28,35H,6-7,13-14H2,1H3,(H,29,34). The molecule has 35 heavy (non-hydrogen) atoms. The number of pyridine rings is 1. The van der Waals surface area contributed by atoms with Crippen molar-refractivity contribution in [1.29, 1.82) is 5.26 Å². The van der Waals surface area contributed by atoms with Gasteiger partial charge in [0.2, 0.25) is 0 Å². The highest BCUT2D eigenvalue weighted by molar-refractivity contribution is 6.29. The first kappa shape index (κ1) is 22.9. The first-order valence-corrected chi connectivity index (χ1v) is 11.5. The quantitative estimate of drug-likeness (QED) is 0.369. The van der Waals surface area contributed by atoms with Crippen LogP contribution < -0.4 is 10.6 Å². The maximum atomic E-state index is 12.9. The molecule has 1 atom stereocenters. The minimum Gasteiger partial charge on any atom is -0.387 e. The Morgan fingerprint density at radius 3 is 2.89 bits per heavy atom. The molecule has 1 aliphatic heterocycles. The lowest BCUT2D eigenvalue weighted by molar-refractivity contribution is 0.0560. The summed E-state index contributed by atoms with van der Waals surface area (Å²) in [6.45, 7) is 3.11. The van der Waals surface area contributed by atoms with Gasteiger partial charge in [-0.1, -0.05) is 23.7 Å². The maximum absolute atomic E-state index is 12.9. The lowest BCUT2D eigenvalue weighted by Gasteiger charge is -2.21. The van der Waals surface area contributed by atoms with E-state index < -0.39 is 11.5 Å². The summed E-state index contributed by atoms with van der Waals surface area (Å²) in [4.78, 5) is 21.8. The number of aromatic nitrogens is 4. The van der Waals surface area contributed by atoms with Crippen molar-refractivity contribution >= 4 is 23.2 Å². The highest BCUT2D eigenvalue weighted by Gasteiger charge is 2.31. The number of amides is 1. The molecule has 3 N–H and O–H groups in total. The fraction of sp³-hybridized carbons (Fsp3) is 0.240. The molecule has 176 valence electrons. The van der Waals surface area contributed by atoms with E-state index in [4.69, 9.17) is 16.7 Å². The second-order valence-electron chi connectivity index (χ2n) is 8.65. The molecule has 1 amide bonds. The molecule has 0 aliphatic carbocycles. The fourth-order valence-electron chi connectivity index (χ4n) is 4.25. The zero-order valence-corrected chi connectivity index (χ0v) is 19.7. The molecule has 0 saturated carbocycles. The van der Waals surface area contributed by atoms with Crippen LogP contribution in [0.4, 0.5) is 0 Å². The molecule has 10 heteroatoms. The zero-order chi connectivity index (χ0) is 24.6. The summed E-state index contributed by atoms with van der Waals surface area (Å²) >= 11 is 6.27. The number of halogens is 1. The van der Waals surface area contributed by atoms with E-state index in [9.17, 15) is 15.2 Å². The number of hydrogen-bond acceptors (Lipinski definition) is 7. The Balaban J connectivity index is 1.62. The largest absolute Gasteiger partial charge is 0.387 e. The van der Waals surface area contributed by atoms with Crippen molar-refractivity contribution in [1.82, 2.24) is 30.2 Å². The van der Waals surface area contributed by atoms with Crippen molar-refractivity contribution < 1.29 is 9.90 Å². The topological polar surface area (TPSA) is 128 Å². The van der Waals surface area contributed by atoms with Gasteiger partial charge in [0.05, 0.1) is 22.8 Å². The number of hydrogen-bond donors (Lipinski definition) is 3. The van der Waals surface area contributed by atoms with Crippen LogP contribution in [0.5, 0.6) is 0 Å². The van der Waals surface area contributed by atoms with Crippen molar-refractivity contribution in [3.63, 3.8) is 0 Å². The number of benzene rings is 1. The van der Waals surface area contributed by atoms with Gasteiger partial charge in [-0.2, -0.15) is 10.4 Å². The van der Waals surface area contributed by atoms with Crippen molar-refractivity contribution in [2.75, 3.05) is 19.6 Å². The van der Waals surface area contributed by atoms with Gasteiger partial charge in [-0.15, -0.1) is 0 Å². The van der Waals surface area contributed by atoms with Crippen LogP contribution in [0, 0.1) is 18.3 Å². The van der Waals surface area contributed by atoms with Gasteiger partial charge in [-0.05, 0) is 55.8 Å². The van der Waals surface area contributed by atoms with Gasteiger partial charge in [0.15, 0.2) is 5.65 Å². The van der Waals surface area contributed by atoms with E-state index in [1.807, 2.05) is 19.1 Å². The third-order valence-electron chi connectivity index (χ3n) is 5.99. The smallest absolute Gasteiger partial charge is 0.270 e. The molecule has 0 radical (unpaired) electrons. The number of rotatable bonds is 5. The fourth-order valence-corrected chi connectivity index (χ4v) is 4.50. The third-order valence-corrected chi connectivity index (χ3v) is 6.19. The zero-order valence-electron chi connectivity index (χ0n) is 18.9. The van der Waals surface area contributed by atoms with E-state index in [1.54, 1.807) is 41.0 Å². The van der Waals surface area contributed by atoms with Crippen LogP contribution in [0.2, 0.25) is 5.15 Å². The number of nitrogens with one attached hydrogen (secondary N) is 2. The Kier molecular flexibility index (Phi) is 5.94. The van der Waals surface area contributed by atoms with Gasteiger partial charge >= 0.3 is 0 Å². The second kappa shape index (κ2) is 9.07. The summed E-state index contributed by atoms with van der Waals surface area (Å²) in [5, 5.41) is 30.8. The van der Waals surface area contributed by atoms with E-state index in [0.29, 0.717) is 47.1 Å². The number of aliphatic hydroxyl groups is 1. The molecule has 1 saturated heterocycles. The molecule has 1 fully saturated rings. The van der Waals surface area contributed by atoms with E-state index >= 15 is 0 Å². The van der Waals surface area contributed by atoms with Gasteiger partial charge in [0.25, 0.3) is 5.91 Å². The molecule has 1 aromatic carbocycles. The second-order valence-corrected chi connectivity index (χ2v) is 9.04. The number of β-amino-alcohol motifs (C(OH)–C–C–N with tert-alkyl or cyclic N) is 1. The molecule has 0 bridgehead atoms. The van der Waals surface area contributed by atoms with Crippen LogP contribution in [0.25, 0.3) is 28.0 Å². The Bertz CT molecular complexity index is 1460. The summed E-state index contributed by atoms with van der Waals surface area (Å²) < 4.78 is 1.60. The average Bonchev–Trinajstić information content (AvgIpc) is 3.45. The molecule has 5 rings (SSSR count). The first-order valence-electron chi connectivity index (χ1n) is 11.1. The van der Waals surface area contributed by atoms with Gasteiger partial charge in [-0.25, -0.2) is 14.5 Å². The van der Waals surface area contributed by atoms with E-state index in [1.165, 1.54) is 0 Å². The molecule has 9 nitrogen and oxygen atoms in total. The monoisotopic (exact) mass is 487 g/mol. The van der Waals surface area contributed by atoms with Gasteiger partial charge in [-0.3, -0.25) is 4.79 Å². The molecular weight excluding hydrogens is 466 g/mol. The Labute approximate surface area is 206 Å². The summed E-state index contributed by atoms with van der Waals surface area (Å²) in [5.41, 5.74) is 3.65. The predicted octanol–water partition coefficient (Wildman–Crippen LogP) is 2.75. The van der Waals surface area contributed by atoms with E-state index in [2.05, 4.69) is 26.7 Å². The highest BCUT2D eigenvalue weighted by Crippen LogP contribution is 2.36. The van der Waals surface area contributed by atoms with Crippen LogP contribution in [-0.4, -0.2) is 55.8 Å². The van der Waals surface area contributed by atoms with Crippen molar-refractivity contribution in [2.24, 2.45) is 0 Å². The number of fused-ring (bicyclic) bond motifs is 1. The lowest BCUT2D eigenvalue weighted by atomic mass is 10.00. The van der Waals surface area contributed by atoms with Crippen molar-refractivity contribution in [2.45, 2.75) is 18.9 Å². The Hall–Kier alpha value is -3.84. The van der Waals surface area contributed by atoms with Crippen molar-refractivity contribution in [3.05, 3.63) is 70.8 Å². The van der Waals surface area contributed by atoms with Crippen LogP contribution in [0.1, 0.15) is 28.2 Å². The van der Waals surface area contributed by atoms with E-state index in [0.717, 1.165) is 16.8 Å². The van der Waals surface area contributed by atoms with Gasteiger partial charge in [0, 0.05) is 30.5 Å². The number of carbonyl (C=O) groups excluding carboxylic acids is 1. The molecule has 1 unspecified atom stereocenters. The number of carbonyl (C=O) groups is 1. The Morgan fingerprint density at radius 1 is 1.29 bits per heavy atom. The third kappa shape index (κ3) is 4.59. The van der Waals surface area contributed by atoms with Crippen molar-refractivity contribution in [3.8, 4) is 28.5 Å².